The van der Waals surface area contributed by atoms with Crippen molar-refractivity contribution in [2.75, 3.05) is 26.3 Å². The molecule has 0 bridgehead atoms. The largest absolute Gasteiger partial charge is 0.484 e. The zero-order valence-corrected chi connectivity index (χ0v) is 15.9. The lowest BCUT2D eigenvalue weighted by Crippen LogP contribution is -2.26. The highest BCUT2D eigenvalue weighted by atomic mass is 16.6. The Bertz CT molecular complexity index is 857. The van der Waals surface area contributed by atoms with E-state index >= 15 is 0 Å². The summed E-state index contributed by atoms with van der Waals surface area (Å²) in [6.07, 6.45) is 1.57. The molecule has 1 aliphatic carbocycles. The summed E-state index contributed by atoms with van der Waals surface area (Å²) in [6.45, 7) is 5.71. The van der Waals surface area contributed by atoms with E-state index in [1.54, 1.807) is 6.20 Å². The third-order valence-electron chi connectivity index (χ3n) is 5.97. The van der Waals surface area contributed by atoms with Gasteiger partial charge in [-0.2, -0.15) is 0 Å². The lowest BCUT2D eigenvalue weighted by atomic mass is 10.1. The Hall–Kier alpha value is -2.60. The molecule has 28 heavy (non-hydrogen) atoms. The van der Waals surface area contributed by atoms with Gasteiger partial charge in [-0.3, -0.25) is 9.69 Å². The van der Waals surface area contributed by atoms with E-state index in [4.69, 9.17) is 14.2 Å². The second-order valence-corrected chi connectivity index (χ2v) is 7.77. The van der Waals surface area contributed by atoms with Crippen LogP contribution in [0, 0.1) is 17.8 Å². The molecule has 6 heteroatoms. The zero-order valence-electron chi connectivity index (χ0n) is 15.9. The van der Waals surface area contributed by atoms with Crippen molar-refractivity contribution in [1.29, 1.82) is 0 Å². The van der Waals surface area contributed by atoms with Gasteiger partial charge in [-0.25, -0.2) is 4.98 Å². The molecule has 5 rings (SSSR count). The molecular formula is C22H24N2O4. The lowest BCUT2D eigenvalue weighted by Gasteiger charge is -2.26. The first-order valence-corrected chi connectivity index (χ1v) is 9.95. The Morgan fingerprint density at radius 1 is 1.21 bits per heavy atom. The standard InChI is InChI=1S/C22H24N2O4/c1-2-26-22(25)20-16-11-24(12-17(16)20)10-14-5-7-15(8-6-14)19-13-27-18-4-3-9-23-21(18)28-19/h3-9,16-17,19-20H,2,10-13H2,1H3/t16-,17+,19-,20?/m1/s1. The number of likely N-dealkylation sites (tertiary alicyclic amines) is 1. The minimum Gasteiger partial charge on any atom is -0.484 e. The summed E-state index contributed by atoms with van der Waals surface area (Å²) in [5.41, 5.74) is 2.36. The van der Waals surface area contributed by atoms with Gasteiger partial charge in [-0.05, 0) is 42.0 Å². The molecule has 1 aromatic heterocycles. The van der Waals surface area contributed by atoms with E-state index in [9.17, 15) is 4.79 Å². The van der Waals surface area contributed by atoms with Crippen molar-refractivity contribution in [2.24, 2.45) is 17.8 Å². The second kappa shape index (κ2) is 7.09. The SMILES string of the molecule is CCOC(=O)C1[C@H]2CN(Cc3ccc([C@H]4COc5cccnc5O4)cc3)C[C@@H]12. The van der Waals surface area contributed by atoms with Gasteiger partial charge in [0.15, 0.2) is 11.9 Å². The van der Waals surface area contributed by atoms with Crippen molar-refractivity contribution in [3.8, 4) is 11.6 Å². The van der Waals surface area contributed by atoms with E-state index in [1.807, 2.05) is 19.1 Å². The number of fused-ring (bicyclic) bond motifs is 2. The van der Waals surface area contributed by atoms with E-state index in [2.05, 4.69) is 34.1 Å². The lowest BCUT2D eigenvalue weighted by molar-refractivity contribution is -0.145. The molecule has 2 fully saturated rings. The summed E-state index contributed by atoms with van der Waals surface area (Å²) >= 11 is 0. The molecule has 2 aromatic rings. The average Bonchev–Trinajstić information content (AvgIpc) is 3.24. The minimum absolute atomic E-state index is 0.00716. The number of aromatic nitrogens is 1. The van der Waals surface area contributed by atoms with Gasteiger partial charge in [-0.15, -0.1) is 0 Å². The van der Waals surface area contributed by atoms with Crippen LogP contribution >= 0.6 is 0 Å². The fourth-order valence-corrected chi connectivity index (χ4v) is 4.50. The van der Waals surface area contributed by atoms with Crippen LogP contribution in [0.4, 0.5) is 0 Å². The molecule has 146 valence electrons. The fraction of sp³-hybridized carbons (Fsp3) is 0.455. The topological polar surface area (TPSA) is 60.9 Å². The molecule has 4 atom stereocenters. The molecule has 1 aromatic carbocycles. The van der Waals surface area contributed by atoms with E-state index < -0.39 is 0 Å². The van der Waals surface area contributed by atoms with Crippen molar-refractivity contribution in [3.63, 3.8) is 0 Å². The van der Waals surface area contributed by atoms with Gasteiger partial charge in [-0.1, -0.05) is 24.3 Å². The Labute approximate surface area is 164 Å². The highest BCUT2D eigenvalue weighted by Crippen LogP contribution is 2.52. The van der Waals surface area contributed by atoms with Crippen molar-refractivity contribution in [3.05, 3.63) is 53.7 Å². The Morgan fingerprint density at radius 2 is 2.00 bits per heavy atom. The third kappa shape index (κ3) is 3.22. The predicted octanol–water partition coefficient (Wildman–Crippen LogP) is 2.84. The smallest absolute Gasteiger partial charge is 0.309 e. The third-order valence-corrected chi connectivity index (χ3v) is 5.97. The molecule has 1 saturated heterocycles. The highest BCUT2D eigenvalue weighted by molar-refractivity contribution is 5.77. The van der Waals surface area contributed by atoms with Crippen LogP contribution in [0.1, 0.15) is 24.2 Å². The van der Waals surface area contributed by atoms with Gasteiger partial charge in [0.2, 0.25) is 0 Å². The summed E-state index contributed by atoms with van der Waals surface area (Å²) in [5.74, 6) is 2.35. The summed E-state index contributed by atoms with van der Waals surface area (Å²) in [4.78, 5) is 18.5. The number of pyridine rings is 1. The van der Waals surface area contributed by atoms with Crippen LogP contribution in [0.5, 0.6) is 11.6 Å². The van der Waals surface area contributed by atoms with Crippen molar-refractivity contribution < 1.29 is 19.0 Å². The van der Waals surface area contributed by atoms with Crippen LogP contribution in [0.2, 0.25) is 0 Å². The van der Waals surface area contributed by atoms with Crippen molar-refractivity contribution in [1.82, 2.24) is 9.88 Å². The van der Waals surface area contributed by atoms with Crippen molar-refractivity contribution >= 4 is 5.97 Å². The van der Waals surface area contributed by atoms with Gasteiger partial charge < -0.3 is 14.2 Å². The first-order valence-electron chi connectivity index (χ1n) is 9.95. The fourth-order valence-electron chi connectivity index (χ4n) is 4.50. The molecule has 3 heterocycles. The molecule has 0 radical (unpaired) electrons. The number of nitrogens with zero attached hydrogens (tertiary/aromatic N) is 2. The Morgan fingerprint density at radius 3 is 2.75 bits per heavy atom. The van der Waals surface area contributed by atoms with Gasteiger partial charge >= 0.3 is 5.97 Å². The Kier molecular flexibility index (Phi) is 4.43. The van der Waals surface area contributed by atoms with E-state index in [0.29, 0.717) is 36.7 Å². The van der Waals surface area contributed by atoms with E-state index in [-0.39, 0.29) is 18.0 Å². The number of benzene rings is 1. The molecule has 1 unspecified atom stereocenters. The summed E-state index contributed by atoms with van der Waals surface area (Å²) in [5, 5.41) is 0. The zero-order chi connectivity index (χ0) is 19.1. The monoisotopic (exact) mass is 380 g/mol. The molecular weight excluding hydrogens is 356 g/mol. The number of hydrogen-bond acceptors (Lipinski definition) is 6. The molecule has 3 aliphatic rings. The van der Waals surface area contributed by atoms with Crippen LogP contribution in [0.15, 0.2) is 42.6 Å². The van der Waals surface area contributed by atoms with Crippen LogP contribution in [-0.2, 0) is 16.1 Å². The molecule has 2 aliphatic heterocycles. The molecule has 0 N–H and O–H groups in total. The number of ether oxygens (including phenoxy) is 3. The van der Waals surface area contributed by atoms with Crippen molar-refractivity contribution in [2.45, 2.75) is 19.6 Å². The van der Waals surface area contributed by atoms with Crippen LogP contribution in [0.25, 0.3) is 0 Å². The van der Waals surface area contributed by atoms with Crippen LogP contribution < -0.4 is 9.47 Å². The summed E-state index contributed by atoms with van der Waals surface area (Å²) in [6, 6.07) is 12.2. The number of rotatable bonds is 5. The average molecular weight is 380 g/mol. The van der Waals surface area contributed by atoms with Gasteiger partial charge in [0, 0.05) is 25.8 Å². The van der Waals surface area contributed by atoms with E-state index in [0.717, 1.165) is 25.2 Å². The number of piperidine rings is 1. The maximum Gasteiger partial charge on any atom is 0.309 e. The maximum absolute atomic E-state index is 11.9. The number of esters is 1. The van der Waals surface area contributed by atoms with Gasteiger partial charge in [0.1, 0.15) is 6.61 Å². The number of carbonyl (C=O) groups excluding carboxylic acids is 1. The quantitative estimate of drug-likeness (QED) is 0.744. The summed E-state index contributed by atoms with van der Waals surface area (Å²) < 4.78 is 16.9. The van der Waals surface area contributed by atoms with Gasteiger partial charge in [0.05, 0.1) is 12.5 Å². The number of carbonyl (C=O) groups is 1. The Balaban J connectivity index is 1.16. The minimum atomic E-state index is -0.138. The molecule has 0 amide bonds. The van der Waals surface area contributed by atoms with E-state index in [1.165, 1.54) is 5.56 Å². The normalized spacial score (nSPS) is 27.9. The van der Waals surface area contributed by atoms with Crippen LogP contribution in [0.3, 0.4) is 0 Å². The maximum atomic E-state index is 11.9. The molecule has 1 saturated carbocycles. The summed E-state index contributed by atoms with van der Waals surface area (Å²) in [7, 11) is 0. The predicted molar refractivity (Wildman–Crippen MR) is 102 cm³/mol. The first-order chi connectivity index (χ1) is 13.7. The van der Waals surface area contributed by atoms with Crippen LogP contribution in [-0.4, -0.2) is 42.2 Å². The second-order valence-electron chi connectivity index (χ2n) is 7.77. The number of hydrogen-bond donors (Lipinski definition) is 0. The highest BCUT2D eigenvalue weighted by Gasteiger charge is 2.60. The molecule has 6 nitrogen and oxygen atoms in total. The van der Waals surface area contributed by atoms with Gasteiger partial charge in [0.25, 0.3) is 5.88 Å². The molecule has 0 spiro atoms. The first kappa shape index (κ1) is 17.5.